The second-order valence-electron chi connectivity index (χ2n) is 10.6. The number of anilines is 1. The molecule has 0 heterocycles. The maximum atomic E-state index is 14.2. The minimum Gasteiger partial charge on any atom is -0.508 e. The molecule has 0 aliphatic heterocycles. The van der Waals surface area contributed by atoms with E-state index in [-0.39, 0.29) is 35.9 Å². The van der Waals surface area contributed by atoms with Gasteiger partial charge in [-0.25, -0.2) is 4.39 Å². The number of rotatable bonds is 7. The van der Waals surface area contributed by atoms with Crippen molar-refractivity contribution >= 4 is 11.6 Å². The predicted molar refractivity (Wildman–Crippen MR) is 125 cm³/mol. The highest BCUT2D eigenvalue weighted by atomic mass is 19.1. The zero-order valence-corrected chi connectivity index (χ0v) is 19.6. The summed E-state index contributed by atoms with van der Waals surface area (Å²) in [6, 6.07) is 3.73. The van der Waals surface area contributed by atoms with Gasteiger partial charge >= 0.3 is 0 Å². The average Bonchev–Trinajstić information content (AvgIpc) is 2.70. The predicted octanol–water partition coefficient (Wildman–Crippen LogP) is 4.94. The number of nitrogens with one attached hydrogen (secondary N) is 1. The molecule has 7 heteroatoms. The van der Waals surface area contributed by atoms with Gasteiger partial charge in [-0.2, -0.15) is 0 Å². The highest BCUT2D eigenvalue weighted by Gasteiger charge is 2.52. The lowest BCUT2D eigenvalue weighted by atomic mass is 9.57. The molecule has 3 unspecified atom stereocenters. The van der Waals surface area contributed by atoms with Gasteiger partial charge in [0.2, 0.25) is 0 Å². The molecule has 1 saturated carbocycles. The van der Waals surface area contributed by atoms with E-state index in [0.717, 1.165) is 38.2 Å². The number of phenols is 2. The number of amides is 1. The first kappa shape index (κ1) is 25.2. The number of aromatic hydroxyl groups is 2. The quantitative estimate of drug-likeness (QED) is 0.395. The summed E-state index contributed by atoms with van der Waals surface area (Å²) >= 11 is 0. The summed E-state index contributed by atoms with van der Waals surface area (Å²) in [5, 5.41) is 44.7. The second-order valence-corrected chi connectivity index (χ2v) is 10.6. The van der Waals surface area contributed by atoms with Crippen LogP contribution in [0.3, 0.4) is 0 Å². The van der Waals surface area contributed by atoms with Gasteiger partial charge in [0.15, 0.2) is 0 Å². The first-order valence-corrected chi connectivity index (χ1v) is 11.7. The Kier molecular flexibility index (Phi) is 7.24. The highest BCUT2D eigenvalue weighted by molar-refractivity contribution is 5.97. The molecule has 6 nitrogen and oxygen atoms in total. The van der Waals surface area contributed by atoms with Crippen molar-refractivity contribution < 1.29 is 29.6 Å². The first-order valence-electron chi connectivity index (χ1n) is 11.7. The van der Waals surface area contributed by atoms with Gasteiger partial charge in [0, 0.05) is 29.3 Å². The second kappa shape index (κ2) is 9.47. The van der Waals surface area contributed by atoms with Crippen LogP contribution in [0, 0.1) is 16.7 Å². The number of hydrogen-bond acceptors (Lipinski definition) is 5. The van der Waals surface area contributed by atoms with E-state index in [1.165, 1.54) is 30.4 Å². The van der Waals surface area contributed by atoms with Crippen LogP contribution in [0.15, 0.2) is 42.3 Å². The fraction of sp³-hybridized carbons (Fsp3) is 0.577. The first-order chi connectivity index (χ1) is 15.3. The Balaban J connectivity index is 1.92. The van der Waals surface area contributed by atoms with Crippen LogP contribution in [0.5, 0.6) is 11.5 Å². The third-order valence-electron chi connectivity index (χ3n) is 7.62. The fourth-order valence-electron chi connectivity index (χ4n) is 5.35. The van der Waals surface area contributed by atoms with Gasteiger partial charge in [0.25, 0.3) is 5.91 Å². The van der Waals surface area contributed by atoms with E-state index in [1.807, 2.05) is 13.8 Å². The molecule has 0 bridgehead atoms. The third kappa shape index (κ3) is 5.58. The number of aliphatic hydroxyl groups excluding tert-OH is 1. The van der Waals surface area contributed by atoms with Gasteiger partial charge in [0.05, 0.1) is 6.10 Å². The van der Waals surface area contributed by atoms with Gasteiger partial charge in [-0.15, -0.1) is 0 Å². The van der Waals surface area contributed by atoms with E-state index in [1.54, 1.807) is 6.92 Å². The van der Waals surface area contributed by atoms with Crippen LogP contribution in [0.25, 0.3) is 0 Å². The Morgan fingerprint density at radius 3 is 2.36 bits per heavy atom. The lowest BCUT2D eigenvalue weighted by molar-refractivity contribution is -0.144. The molecular formula is C26H36FNO5. The van der Waals surface area contributed by atoms with E-state index in [4.69, 9.17) is 0 Å². The zero-order valence-electron chi connectivity index (χ0n) is 19.6. The molecule has 3 rings (SSSR count). The standard InChI is InChI=1S/C26H36FNO5/c1-24(2,25(3)15-18(27)9-10-22(25)31)16-26(33,14-17-7-5-4-6-8-17)23(32)28-19-11-20(29)13-21(30)12-19/h9-13,15,17,22,29-31,33H,4-8,14,16H2,1-3H3,(H,28,32). The van der Waals surface area contributed by atoms with Crippen molar-refractivity contribution in [2.24, 2.45) is 16.7 Å². The van der Waals surface area contributed by atoms with Gasteiger partial charge in [-0.3, -0.25) is 4.79 Å². The molecule has 1 amide bonds. The minimum absolute atomic E-state index is 0.0156. The summed E-state index contributed by atoms with van der Waals surface area (Å²) < 4.78 is 14.2. The molecule has 1 aromatic rings. The van der Waals surface area contributed by atoms with Gasteiger partial charge in [-0.1, -0.05) is 59.0 Å². The Morgan fingerprint density at radius 2 is 1.76 bits per heavy atom. The Morgan fingerprint density at radius 1 is 1.15 bits per heavy atom. The maximum Gasteiger partial charge on any atom is 0.256 e. The molecule has 5 N–H and O–H groups in total. The average molecular weight is 462 g/mol. The molecule has 1 fully saturated rings. The smallest absolute Gasteiger partial charge is 0.256 e. The monoisotopic (exact) mass is 461 g/mol. The van der Waals surface area contributed by atoms with E-state index in [2.05, 4.69) is 5.32 Å². The molecule has 0 radical (unpaired) electrons. The Hall–Kier alpha value is -2.38. The minimum atomic E-state index is -1.80. The van der Waals surface area contributed by atoms with Gasteiger partial charge in [-0.05, 0) is 36.3 Å². The topological polar surface area (TPSA) is 110 Å². The number of halogens is 1. The van der Waals surface area contributed by atoms with Crippen molar-refractivity contribution in [2.45, 2.75) is 77.4 Å². The summed E-state index contributed by atoms with van der Waals surface area (Å²) in [5.41, 5.74) is -3.55. The molecule has 2 aliphatic carbocycles. The van der Waals surface area contributed by atoms with Crippen LogP contribution in [0.1, 0.15) is 65.7 Å². The number of phenolic OH excluding ortho intramolecular Hbond substituents is 2. The molecule has 0 aromatic heterocycles. The van der Waals surface area contributed by atoms with Crippen molar-refractivity contribution in [1.82, 2.24) is 0 Å². The number of carbonyl (C=O) groups is 1. The lowest BCUT2D eigenvalue weighted by Crippen LogP contribution is -2.53. The number of hydrogen-bond donors (Lipinski definition) is 5. The van der Waals surface area contributed by atoms with E-state index in [9.17, 15) is 29.6 Å². The highest BCUT2D eigenvalue weighted by Crippen LogP contribution is 2.51. The van der Waals surface area contributed by atoms with Crippen LogP contribution >= 0.6 is 0 Å². The van der Waals surface area contributed by atoms with Crippen LogP contribution in [-0.4, -0.2) is 38.0 Å². The normalized spacial score (nSPS) is 25.9. The van der Waals surface area contributed by atoms with Crippen LogP contribution < -0.4 is 5.32 Å². The summed E-state index contributed by atoms with van der Waals surface area (Å²) in [4.78, 5) is 13.5. The van der Waals surface area contributed by atoms with Crippen LogP contribution in [-0.2, 0) is 4.79 Å². The summed E-state index contributed by atoms with van der Waals surface area (Å²) in [6.45, 7) is 5.36. The summed E-state index contributed by atoms with van der Waals surface area (Å²) in [6.07, 6.45) is 8.28. The van der Waals surface area contributed by atoms with E-state index >= 15 is 0 Å². The molecular weight excluding hydrogens is 425 g/mol. The summed E-state index contributed by atoms with van der Waals surface area (Å²) in [7, 11) is 0. The summed E-state index contributed by atoms with van der Waals surface area (Å²) in [5.74, 6) is -1.39. The van der Waals surface area contributed by atoms with Crippen molar-refractivity contribution in [1.29, 1.82) is 0 Å². The van der Waals surface area contributed by atoms with E-state index < -0.39 is 34.3 Å². The molecule has 0 spiro atoms. The largest absolute Gasteiger partial charge is 0.508 e. The molecule has 182 valence electrons. The number of benzene rings is 1. The molecule has 1 aromatic carbocycles. The lowest BCUT2D eigenvalue weighted by Gasteiger charge is -2.49. The van der Waals surface area contributed by atoms with Crippen molar-refractivity contribution in [3.8, 4) is 11.5 Å². The maximum absolute atomic E-state index is 14.2. The SMILES string of the molecule is CC(C)(CC(O)(CC1CCCCC1)C(=O)Nc1cc(O)cc(O)c1)C1(C)C=C(F)C=CC1O. The van der Waals surface area contributed by atoms with Gasteiger partial charge in [0.1, 0.15) is 22.9 Å². The van der Waals surface area contributed by atoms with Crippen LogP contribution in [0.4, 0.5) is 10.1 Å². The number of carbonyl (C=O) groups excluding carboxylic acids is 1. The number of allylic oxidation sites excluding steroid dienone is 2. The number of aliphatic hydroxyl groups is 2. The molecule has 33 heavy (non-hydrogen) atoms. The third-order valence-corrected chi connectivity index (χ3v) is 7.62. The Bertz CT molecular complexity index is 916. The van der Waals surface area contributed by atoms with E-state index in [0.29, 0.717) is 0 Å². The molecule has 2 aliphatic rings. The molecule has 3 atom stereocenters. The zero-order chi connectivity index (χ0) is 24.4. The fourth-order valence-corrected chi connectivity index (χ4v) is 5.35. The Labute approximate surface area is 194 Å². The van der Waals surface area contributed by atoms with Gasteiger partial charge < -0.3 is 25.7 Å². The van der Waals surface area contributed by atoms with Crippen molar-refractivity contribution in [3.63, 3.8) is 0 Å². The van der Waals surface area contributed by atoms with Crippen molar-refractivity contribution in [2.75, 3.05) is 5.32 Å². The molecule has 0 saturated heterocycles. The van der Waals surface area contributed by atoms with Crippen LogP contribution in [0.2, 0.25) is 0 Å². The van der Waals surface area contributed by atoms with Crippen molar-refractivity contribution in [3.05, 3.63) is 42.3 Å².